The number of ether oxygens (including phenoxy) is 2. The molecule has 32 heavy (non-hydrogen) atoms. The molecule has 5 rings (SSSR count). The molecule has 3 aromatic rings. The largest absolute Gasteiger partial charge is 0.486 e. The van der Waals surface area contributed by atoms with Gasteiger partial charge in [0.1, 0.15) is 19.0 Å². The Morgan fingerprint density at radius 2 is 1.94 bits per heavy atom. The lowest BCUT2D eigenvalue weighted by molar-refractivity contribution is -0.123. The molecule has 2 aliphatic rings. The van der Waals surface area contributed by atoms with Gasteiger partial charge < -0.3 is 14.8 Å². The Bertz CT molecular complexity index is 1070. The number of halogens is 1. The molecule has 7 heteroatoms. The van der Waals surface area contributed by atoms with E-state index in [4.69, 9.17) is 9.47 Å². The minimum absolute atomic E-state index is 0.0443. The highest BCUT2D eigenvalue weighted by molar-refractivity contribution is 7.10. The molecule has 1 fully saturated rings. The Labute approximate surface area is 190 Å². The predicted molar refractivity (Wildman–Crippen MR) is 122 cm³/mol. The average molecular weight is 453 g/mol. The molecule has 0 bridgehead atoms. The second-order valence-corrected chi connectivity index (χ2v) is 9.08. The van der Waals surface area contributed by atoms with Crippen molar-refractivity contribution in [2.75, 3.05) is 26.3 Å². The lowest BCUT2D eigenvalue weighted by Gasteiger charge is -2.27. The van der Waals surface area contributed by atoms with Gasteiger partial charge in [0, 0.05) is 10.9 Å². The van der Waals surface area contributed by atoms with Gasteiger partial charge in [-0.05, 0) is 66.2 Å². The van der Waals surface area contributed by atoms with E-state index in [1.54, 1.807) is 23.5 Å². The molecule has 1 N–H and O–H groups in total. The SMILES string of the molecule is O=C(CN1CCCC1c1ccc2c(c1)OCCO2)NC(c1ccc(F)cc1)c1cccs1. The zero-order chi connectivity index (χ0) is 21.9. The third kappa shape index (κ3) is 4.49. The molecule has 0 aliphatic carbocycles. The molecule has 5 nitrogen and oxygen atoms in total. The number of thiophene rings is 1. The van der Waals surface area contributed by atoms with Gasteiger partial charge in [-0.15, -0.1) is 11.3 Å². The highest BCUT2D eigenvalue weighted by Crippen LogP contribution is 2.38. The number of likely N-dealkylation sites (tertiary alicyclic amines) is 1. The van der Waals surface area contributed by atoms with E-state index in [2.05, 4.69) is 16.3 Å². The van der Waals surface area contributed by atoms with Crippen molar-refractivity contribution in [1.82, 2.24) is 10.2 Å². The average Bonchev–Trinajstić information content (AvgIpc) is 3.50. The van der Waals surface area contributed by atoms with E-state index in [1.165, 1.54) is 12.1 Å². The Morgan fingerprint density at radius 3 is 2.72 bits per heavy atom. The Hall–Kier alpha value is -2.90. The molecule has 0 spiro atoms. The number of hydrogen-bond acceptors (Lipinski definition) is 5. The van der Waals surface area contributed by atoms with Crippen LogP contribution < -0.4 is 14.8 Å². The number of carbonyl (C=O) groups is 1. The number of hydrogen-bond donors (Lipinski definition) is 1. The second-order valence-electron chi connectivity index (χ2n) is 8.10. The number of amides is 1. The van der Waals surface area contributed by atoms with Crippen LogP contribution in [0.3, 0.4) is 0 Å². The van der Waals surface area contributed by atoms with Crippen LogP contribution in [0.25, 0.3) is 0 Å². The van der Waals surface area contributed by atoms with Gasteiger partial charge in [0.25, 0.3) is 0 Å². The van der Waals surface area contributed by atoms with Crippen molar-refractivity contribution in [1.29, 1.82) is 0 Å². The molecular formula is C25H25FN2O3S. The van der Waals surface area contributed by atoms with Gasteiger partial charge in [-0.3, -0.25) is 9.69 Å². The Balaban J connectivity index is 1.30. The highest BCUT2D eigenvalue weighted by atomic mass is 32.1. The molecule has 2 atom stereocenters. The predicted octanol–water partition coefficient (Wildman–Crippen LogP) is 4.70. The normalized spacial score (nSPS) is 19.0. The zero-order valence-electron chi connectivity index (χ0n) is 17.6. The van der Waals surface area contributed by atoms with Crippen molar-refractivity contribution in [2.45, 2.75) is 24.9 Å². The summed E-state index contributed by atoms with van der Waals surface area (Å²) >= 11 is 1.58. The van der Waals surface area contributed by atoms with Crippen molar-refractivity contribution in [3.8, 4) is 11.5 Å². The minimum Gasteiger partial charge on any atom is -0.486 e. The Kier molecular flexibility index (Phi) is 6.10. The first-order chi connectivity index (χ1) is 15.7. The number of fused-ring (bicyclic) bond motifs is 1. The van der Waals surface area contributed by atoms with Crippen molar-refractivity contribution >= 4 is 17.2 Å². The minimum atomic E-state index is -0.293. The summed E-state index contributed by atoms with van der Waals surface area (Å²) in [6.07, 6.45) is 2.04. The first-order valence-electron chi connectivity index (χ1n) is 10.9. The first-order valence-corrected chi connectivity index (χ1v) is 11.8. The van der Waals surface area contributed by atoms with E-state index in [0.29, 0.717) is 19.8 Å². The smallest absolute Gasteiger partial charge is 0.234 e. The molecule has 1 aromatic heterocycles. The molecule has 2 aromatic carbocycles. The fraction of sp³-hybridized carbons (Fsp3) is 0.320. The summed E-state index contributed by atoms with van der Waals surface area (Å²) in [5.74, 6) is 1.22. The summed E-state index contributed by atoms with van der Waals surface area (Å²) < 4.78 is 24.8. The maximum absolute atomic E-state index is 13.4. The summed E-state index contributed by atoms with van der Waals surface area (Å²) in [7, 11) is 0. The van der Waals surface area contributed by atoms with E-state index in [1.807, 2.05) is 29.6 Å². The number of rotatable bonds is 6. The molecule has 2 unspecified atom stereocenters. The van der Waals surface area contributed by atoms with Crippen LogP contribution in [0.1, 0.15) is 40.9 Å². The van der Waals surface area contributed by atoms with Crippen LogP contribution in [-0.2, 0) is 4.79 Å². The maximum Gasteiger partial charge on any atom is 0.234 e. The third-order valence-corrected chi connectivity index (χ3v) is 6.93. The second kappa shape index (κ2) is 9.30. The lowest BCUT2D eigenvalue weighted by atomic mass is 10.0. The standard InChI is InChI=1S/C25H25FN2O3S/c26-19-8-5-17(6-9-19)25(23-4-2-14-32-23)27-24(29)16-28-11-1-3-20(28)18-7-10-21-22(15-18)31-13-12-30-21/h2,4-10,14-15,20,25H,1,3,11-13,16H2,(H,27,29). The summed E-state index contributed by atoms with van der Waals surface area (Å²) in [6.45, 7) is 2.30. The number of benzene rings is 2. The van der Waals surface area contributed by atoms with Gasteiger partial charge >= 0.3 is 0 Å². The van der Waals surface area contributed by atoms with E-state index < -0.39 is 0 Å². The van der Waals surface area contributed by atoms with Gasteiger partial charge in [-0.2, -0.15) is 0 Å². The van der Waals surface area contributed by atoms with Crippen molar-refractivity contribution in [3.63, 3.8) is 0 Å². The molecule has 0 saturated carbocycles. The summed E-state index contributed by atoms with van der Waals surface area (Å²) in [4.78, 5) is 16.3. The molecule has 2 aliphatic heterocycles. The van der Waals surface area contributed by atoms with Gasteiger partial charge in [0.05, 0.1) is 12.6 Å². The van der Waals surface area contributed by atoms with Crippen molar-refractivity contribution in [2.24, 2.45) is 0 Å². The molecule has 0 radical (unpaired) electrons. The van der Waals surface area contributed by atoms with Crippen LogP contribution in [0, 0.1) is 5.82 Å². The first kappa shape index (κ1) is 21.0. The van der Waals surface area contributed by atoms with E-state index >= 15 is 0 Å². The third-order valence-electron chi connectivity index (χ3n) is 6.00. The summed E-state index contributed by atoms with van der Waals surface area (Å²) in [6, 6.07) is 16.2. The topological polar surface area (TPSA) is 50.8 Å². The monoisotopic (exact) mass is 452 g/mol. The molecule has 1 amide bonds. The number of carbonyl (C=O) groups excluding carboxylic acids is 1. The van der Waals surface area contributed by atoms with E-state index in [-0.39, 0.29) is 23.8 Å². The van der Waals surface area contributed by atoms with E-state index in [0.717, 1.165) is 46.9 Å². The maximum atomic E-state index is 13.4. The van der Waals surface area contributed by atoms with Gasteiger partial charge in [-0.25, -0.2) is 4.39 Å². The summed E-state index contributed by atoms with van der Waals surface area (Å²) in [5.41, 5.74) is 2.01. The quantitative estimate of drug-likeness (QED) is 0.589. The molecule has 3 heterocycles. The van der Waals surface area contributed by atoms with Crippen LogP contribution in [0.15, 0.2) is 60.0 Å². The number of nitrogens with zero attached hydrogens (tertiary/aromatic N) is 1. The fourth-order valence-corrected chi connectivity index (χ4v) is 5.28. The van der Waals surface area contributed by atoms with Crippen molar-refractivity contribution in [3.05, 3.63) is 81.8 Å². The number of nitrogens with one attached hydrogen (secondary N) is 1. The lowest BCUT2D eigenvalue weighted by Crippen LogP contribution is -2.38. The van der Waals surface area contributed by atoms with Gasteiger partial charge in [0.15, 0.2) is 11.5 Å². The fourth-order valence-electron chi connectivity index (χ4n) is 4.48. The van der Waals surface area contributed by atoms with Crippen LogP contribution in [0.4, 0.5) is 4.39 Å². The molecule has 1 saturated heterocycles. The van der Waals surface area contributed by atoms with E-state index in [9.17, 15) is 9.18 Å². The van der Waals surface area contributed by atoms with Crippen molar-refractivity contribution < 1.29 is 18.7 Å². The van der Waals surface area contributed by atoms with Crippen LogP contribution in [0.2, 0.25) is 0 Å². The van der Waals surface area contributed by atoms with Gasteiger partial charge in [-0.1, -0.05) is 24.3 Å². The van der Waals surface area contributed by atoms with Crippen LogP contribution in [-0.4, -0.2) is 37.1 Å². The van der Waals surface area contributed by atoms with Crippen LogP contribution >= 0.6 is 11.3 Å². The highest BCUT2D eigenvalue weighted by Gasteiger charge is 2.29. The molecular weight excluding hydrogens is 427 g/mol. The summed E-state index contributed by atoms with van der Waals surface area (Å²) in [5, 5.41) is 5.15. The van der Waals surface area contributed by atoms with Crippen LogP contribution in [0.5, 0.6) is 11.5 Å². The zero-order valence-corrected chi connectivity index (χ0v) is 18.4. The molecule has 166 valence electrons. The van der Waals surface area contributed by atoms with Gasteiger partial charge in [0.2, 0.25) is 5.91 Å². The Morgan fingerprint density at radius 1 is 1.12 bits per heavy atom.